The molecule has 2 aliphatic heterocycles. The minimum absolute atomic E-state index is 0. The number of carbonyl (C=O) groups excluding carboxylic acids is 1. The average Bonchev–Trinajstić information content (AvgIpc) is 3.15. The topological polar surface area (TPSA) is 68.2 Å². The number of rotatable bonds is 4. The molecule has 1 atom stereocenters. The highest BCUT2D eigenvalue weighted by Crippen LogP contribution is 2.40. The van der Waals surface area contributed by atoms with Crippen LogP contribution in [0.25, 0.3) is 0 Å². The first-order chi connectivity index (χ1) is 15.0. The van der Waals surface area contributed by atoms with Gasteiger partial charge in [-0.25, -0.2) is 5.01 Å². The Labute approximate surface area is 204 Å². The molecule has 0 saturated carbocycles. The smallest absolute Gasteiger partial charge is 0.281 e. The third-order valence-electron chi connectivity index (χ3n) is 5.72. The summed E-state index contributed by atoms with van der Waals surface area (Å²) in [6.07, 6.45) is 6.24. The van der Waals surface area contributed by atoms with E-state index in [2.05, 4.69) is 10.5 Å². The molecule has 0 aromatic heterocycles. The number of carbonyl (C=O) groups is 1. The van der Waals surface area contributed by atoms with Crippen molar-refractivity contribution in [1.29, 1.82) is 0 Å². The van der Waals surface area contributed by atoms with E-state index in [9.17, 15) is 9.90 Å². The molecule has 1 saturated heterocycles. The molecule has 9 heteroatoms. The highest BCUT2D eigenvalue weighted by molar-refractivity contribution is 6.40. The quantitative estimate of drug-likeness (QED) is 0.566. The van der Waals surface area contributed by atoms with Gasteiger partial charge >= 0.3 is 0 Å². The van der Waals surface area contributed by atoms with E-state index >= 15 is 0 Å². The van der Waals surface area contributed by atoms with Crippen molar-refractivity contribution in [1.82, 2.24) is 10.4 Å². The highest BCUT2D eigenvalue weighted by atomic mass is 35.5. The molecule has 2 N–H and O–H groups in total. The number of phenols is 1. The summed E-state index contributed by atoms with van der Waals surface area (Å²) < 4.78 is 0. The lowest BCUT2D eigenvalue weighted by Gasteiger charge is -2.25. The standard InChI is InChI=1S/C23H26Cl2N4O2.ClH/c24-17-8-11-21(19(25)14-17)29-22(16-6-9-18(30)10-7-16)15-20(26-29)23(31)27-28-12-4-2-1-3-5-13-28;/h6-11,14,22,30H,1-5,12-13,15H2,(H,27,31);1H. The van der Waals surface area contributed by atoms with Crippen molar-refractivity contribution in [3.05, 3.63) is 58.1 Å². The number of nitrogens with zero attached hydrogens (tertiary/aromatic N) is 3. The number of phenolic OH excluding ortho intramolecular Hbond substituents is 1. The molecule has 0 radical (unpaired) electrons. The Morgan fingerprint density at radius 2 is 1.66 bits per heavy atom. The minimum atomic E-state index is -0.215. The van der Waals surface area contributed by atoms with Crippen LogP contribution in [0.1, 0.15) is 50.1 Å². The van der Waals surface area contributed by atoms with Crippen LogP contribution in [-0.4, -0.2) is 34.8 Å². The van der Waals surface area contributed by atoms with Crippen LogP contribution in [0, 0.1) is 0 Å². The van der Waals surface area contributed by atoms with Gasteiger partial charge < -0.3 is 5.11 Å². The lowest BCUT2D eigenvalue weighted by molar-refractivity contribution is -0.119. The van der Waals surface area contributed by atoms with E-state index in [1.807, 2.05) is 17.1 Å². The third kappa shape index (κ3) is 5.87. The number of hydrazine groups is 1. The molecule has 2 aromatic rings. The minimum Gasteiger partial charge on any atom is -0.508 e. The number of anilines is 1. The Morgan fingerprint density at radius 3 is 2.31 bits per heavy atom. The molecule has 32 heavy (non-hydrogen) atoms. The summed E-state index contributed by atoms with van der Waals surface area (Å²) in [5.74, 6) is 0.00530. The normalized spacial score (nSPS) is 19.5. The van der Waals surface area contributed by atoms with Crippen LogP contribution in [0.3, 0.4) is 0 Å². The Hall–Kier alpha value is -1.99. The zero-order chi connectivity index (χ0) is 21.8. The average molecular weight is 498 g/mol. The first kappa shape index (κ1) is 24.6. The molecule has 2 heterocycles. The molecule has 0 aliphatic carbocycles. The number of benzene rings is 2. The van der Waals surface area contributed by atoms with Crippen LogP contribution < -0.4 is 10.4 Å². The van der Waals surface area contributed by atoms with Gasteiger partial charge in [0.1, 0.15) is 11.5 Å². The van der Waals surface area contributed by atoms with Crippen molar-refractivity contribution in [2.75, 3.05) is 18.1 Å². The monoisotopic (exact) mass is 496 g/mol. The summed E-state index contributed by atoms with van der Waals surface area (Å²) >= 11 is 12.5. The van der Waals surface area contributed by atoms with Crippen molar-refractivity contribution in [2.24, 2.45) is 5.10 Å². The summed E-state index contributed by atoms with van der Waals surface area (Å²) in [4.78, 5) is 13.1. The molecule has 0 spiro atoms. The van der Waals surface area contributed by atoms with Gasteiger partial charge in [0.2, 0.25) is 0 Å². The largest absolute Gasteiger partial charge is 0.508 e. The molecule has 1 unspecified atom stereocenters. The maximum atomic E-state index is 13.1. The predicted molar refractivity (Wildman–Crippen MR) is 132 cm³/mol. The first-order valence-corrected chi connectivity index (χ1v) is 11.4. The second-order valence-corrected chi connectivity index (χ2v) is 8.84. The molecule has 1 amide bonds. The lowest BCUT2D eigenvalue weighted by atomic mass is 10.0. The van der Waals surface area contributed by atoms with E-state index in [1.54, 1.807) is 35.3 Å². The van der Waals surface area contributed by atoms with Gasteiger partial charge in [0, 0.05) is 24.5 Å². The summed E-state index contributed by atoms with van der Waals surface area (Å²) in [6, 6.07) is 12.0. The number of hydrazone groups is 1. The summed E-state index contributed by atoms with van der Waals surface area (Å²) in [7, 11) is 0. The molecule has 1 fully saturated rings. The van der Waals surface area contributed by atoms with Gasteiger partial charge in [0.15, 0.2) is 0 Å². The number of hydrogen-bond acceptors (Lipinski definition) is 5. The number of amides is 1. The highest BCUT2D eigenvalue weighted by Gasteiger charge is 2.34. The van der Waals surface area contributed by atoms with Crippen molar-refractivity contribution in [3.63, 3.8) is 0 Å². The Bertz CT molecular complexity index is 960. The number of hydrogen-bond donors (Lipinski definition) is 2. The summed E-state index contributed by atoms with van der Waals surface area (Å²) in [5, 5.41) is 19.1. The van der Waals surface area contributed by atoms with Crippen molar-refractivity contribution < 1.29 is 9.90 Å². The Balaban J connectivity index is 0.00000289. The molecule has 172 valence electrons. The second-order valence-electron chi connectivity index (χ2n) is 7.99. The second kappa shape index (κ2) is 11.2. The van der Waals surface area contributed by atoms with E-state index in [1.165, 1.54) is 19.3 Å². The number of halogens is 3. The van der Waals surface area contributed by atoms with Crippen LogP contribution in [0.4, 0.5) is 5.69 Å². The number of aromatic hydroxyl groups is 1. The zero-order valence-electron chi connectivity index (χ0n) is 17.6. The van der Waals surface area contributed by atoms with E-state index in [4.69, 9.17) is 23.2 Å². The Kier molecular flexibility index (Phi) is 8.65. The first-order valence-electron chi connectivity index (χ1n) is 10.7. The van der Waals surface area contributed by atoms with Gasteiger partial charge in [-0.05, 0) is 48.7 Å². The zero-order valence-corrected chi connectivity index (χ0v) is 20.0. The van der Waals surface area contributed by atoms with Gasteiger partial charge in [-0.2, -0.15) is 5.10 Å². The number of nitrogens with one attached hydrogen (secondary N) is 1. The fourth-order valence-electron chi connectivity index (χ4n) is 4.06. The van der Waals surface area contributed by atoms with Crippen molar-refractivity contribution >= 4 is 52.9 Å². The van der Waals surface area contributed by atoms with E-state index in [-0.39, 0.29) is 30.1 Å². The van der Waals surface area contributed by atoms with Crippen molar-refractivity contribution in [2.45, 2.75) is 44.6 Å². The van der Waals surface area contributed by atoms with Crippen molar-refractivity contribution in [3.8, 4) is 5.75 Å². The van der Waals surface area contributed by atoms with Crippen LogP contribution in [0.5, 0.6) is 5.75 Å². The molecule has 2 aliphatic rings. The van der Waals surface area contributed by atoms with E-state index < -0.39 is 0 Å². The third-order valence-corrected chi connectivity index (χ3v) is 6.26. The molecule has 2 aromatic carbocycles. The molecule has 0 bridgehead atoms. The summed E-state index contributed by atoms with van der Waals surface area (Å²) in [6.45, 7) is 1.71. The predicted octanol–water partition coefficient (Wildman–Crippen LogP) is 5.73. The van der Waals surface area contributed by atoms with Crippen LogP contribution in [0.15, 0.2) is 47.6 Å². The summed E-state index contributed by atoms with van der Waals surface area (Å²) in [5.41, 5.74) is 5.11. The van der Waals surface area contributed by atoms with E-state index in [0.29, 0.717) is 27.9 Å². The fourth-order valence-corrected chi connectivity index (χ4v) is 4.56. The van der Waals surface area contributed by atoms with Gasteiger partial charge in [-0.15, -0.1) is 12.4 Å². The molecular formula is C23H27Cl3N4O2. The molecular weight excluding hydrogens is 471 g/mol. The van der Waals surface area contributed by atoms with Crippen LogP contribution in [0.2, 0.25) is 10.0 Å². The maximum Gasteiger partial charge on any atom is 0.281 e. The molecule has 6 nitrogen and oxygen atoms in total. The van der Waals surface area contributed by atoms with E-state index in [0.717, 1.165) is 31.5 Å². The van der Waals surface area contributed by atoms with Gasteiger partial charge in [0.25, 0.3) is 5.91 Å². The SMILES string of the molecule is Cl.O=C(NN1CCCCCCC1)C1=NN(c2ccc(Cl)cc2Cl)C(c2ccc(O)cc2)C1. The molecule has 4 rings (SSSR count). The lowest BCUT2D eigenvalue weighted by Crippen LogP contribution is -2.46. The van der Waals surface area contributed by atoms with Crippen LogP contribution in [-0.2, 0) is 4.79 Å². The van der Waals surface area contributed by atoms with Gasteiger partial charge in [-0.1, -0.05) is 54.6 Å². The maximum absolute atomic E-state index is 13.1. The van der Waals surface area contributed by atoms with Gasteiger partial charge in [-0.3, -0.25) is 15.2 Å². The fraction of sp³-hybridized carbons (Fsp3) is 0.391. The van der Waals surface area contributed by atoms with Crippen LogP contribution >= 0.6 is 35.6 Å². The van der Waals surface area contributed by atoms with Gasteiger partial charge in [0.05, 0.1) is 16.8 Å². The Morgan fingerprint density at radius 1 is 1.00 bits per heavy atom.